The number of aromatic nitrogens is 1. The molecule has 0 aromatic carbocycles. The SMILES string of the molecule is O=S(=O)(NCC1CCSCC1)c1cccnc1Cl. The largest absolute Gasteiger partial charge is 0.243 e. The van der Waals surface area contributed by atoms with Crippen molar-refractivity contribution in [2.45, 2.75) is 17.7 Å². The summed E-state index contributed by atoms with van der Waals surface area (Å²) in [6, 6.07) is 3.03. The quantitative estimate of drug-likeness (QED) is 0.866. The fraction of sp³-hybridized carbons (Fsp3) is 0.545. The molecule has 1 saturated heterocycles. The second-order valence-corrected chi connectivity index (χ2v) is 7.52. The van der Waals surface area contributed by atoms with Crippen molar-refractivity contribution in [2.75, 3.05) is 18.1 Å². The normalized spacial score (nSPS) is 17.8. The molecule has 0 bridgehead atoms. The molecule has 1 aliphatic heterocycles. The zero-order chi connectivity index (χ0) is 13.0. The van der Waals surface area contributed by atoms with Crippen molar-refractivity contribution in [1.29, 1.82) is 0 Å². The summed E-state index contributed by atoms with van der Waals surface area (Å²) in [4.78, 5) is 3.84. The van der Waals surface area contributed by atoms with Gasteiger partial charge in [-0.15, -0.1) is 0 Å². The zero-order valence-electron chi connectivity index (χ0n) is 9.80. The molecule has 0 atom stereocenters. The first-order valence-corrected chi connectivity index (χ1v) is 8.79. The summed E-state index contributed by atoms with van der Waals surface area (Å²) in [7, 11) is -3.54. The monoisotopic (exact) mass is 306 g/mol. The summed E-state index contributed by atoms with van der Waals surface area (Å²) < 4.78 is 26.7. The molecule has 1 fully saturated rings. The molecule has 7 heteroatoms. The molecule has 100 valence electrons. The lowest BCUT2D eigenvalue weighted by Gasteiger charge is -2.21. The molecule has 2 rings (SSSR count). The van der Waals surface area contributed by atoms with E-state index >= 15 is 0 Å². The number of halogens is 1. The van der Waals surface area contributed by atoms with Crippen LogP contribution in [-0.4, -0.2) is 31.5 Å². The maximum atomic E-state index is 12.1. The number of nitrogens with one attached hydrogen (secondary N) is 1. The number of thioether (sulfide) groups is 1. The zero-order valence-corrected chi connectivity index (χ0v) is 12.2. The van der Waals surface area contributed by atoms with Crippen LogP contribution in [0.1, 0.15) is 12.8 Å². The molecule has 1 N–H and O–H groups in total. The Kier molecular flexibility index (Phi) is 4.89. The van der Waals surface area contributed by atoms with Gasteiger partial charge in [-0.2, -0.15) is 11.8 Å². The van der Waals surface area contributed by atoms with Crippen LogP contribution in [0, 0.1) is 5.92 Å². The minimum Gasteiger partial charge on any atom is -0.243 e. The van der Waals surface area contributed by atoms with Gasteiger partial charge in [0.15, 0.2) is 0 Å². The molecule has 0 radical (unpaired) electrons. The average Bonchev–Trinajstić information content (AvgIpc) is 2.38. The number of hydrogen-bond acceptors (Lipinski definition) is 4. The van der Waals surface area contributed by atoms with E-state index in [1.165, 1.54) is 12.3 Å². The van der Waals surface area contributed by atoms with E-state index in [9.17, 15) is 8.42 Å². The Morgan fingerprint density at radius 2 is 2.17 bits per heavy atom. The Labute approximate surface area is 117 Å². The third-order valence-electron chi connectivity index (χ3n) is 2.92. The van der Waals surface area contributed by atoms with Gasteiger partial charge in [0.05, 0.1) is 0 Å². The van der Waals surface area contributed by atoms with Crippen molar-refractivity contribution in [3.8, 4) is 0 Å². The van der Waals surface area contributed by atoms with Crippen LogP contribution in [0.25, 0.3) is 0 Å². The highest BCUT2D eigenvalue weighted by Gasteiger charge is 2.21. The van der Waals surface area contributed by atoms with Gasteiger partial charge < -0.3 is 0 Å². The predicted octanol–water partition coefficient (Wildman–Crippen LogP) is 2.16. The summed E-state index contributed by atoms with van der Waals surface area (Å²) in [5.41, 5.74) is 0. The van der Waals surface area contributed by atoms with Gasteiger partial charge >= 0.3 is 0 Å². The Morgan fingerprint density at radius 3 is 2.83 bits per heavy atom. The molecule has 0 aliphatic carbocycles. The molecule has 0 saturated carbocycles. The Hall–Kier alpha value is -0.300. The molecule has 1 aromatic rings. The van der Waals surface area contributed by atoms with Gasteiger partial charge in [-0.1, -0.05) is 11.6 Å². The van der Waals surface area contributed by atoms with Gasteiger partial charge in [0.1, 0.15) is 10.0 Å². The summed E-state index contributed by atoms with van der Waals surface area (Å²) >= 11 is 7.72. The number of hydrogen-bond donors (Lipinski definition) is 1. The first-order chi connectivity index (χ1) is 8.59. The third-order valence-corrected chi connectivity index (χ3v) is 5.83. The van der Waals surface area contributed by atoms with Crippen molar-refractivity contribution < 1.29 is 8.42 Å². The first-order valence-electron chi connectivity index (χ1n) is 5.77. The smallest absolute Gasteiger partial charge is 0.243 e. The first kappa shape index (κ1) is 14.1. The maximum Gasteiger partial charge on any atom is 0.243 e. The van der Waals surface area contributed by atoms with Crippen LogP contribution in [0.2, 0.25) is 5.15 Å². The minimum absolute atomic E-state index is 0.0178. The van der Waals surface area contributed by atoms with Crippen LogP contribution in [0.3, 0.4) is 0 Å². The highest BCUT2D eigenvalue weighted by Crippen LogP contribution is 2.23. The van der Waals surface area contributed by atoms with Crippen LogP contribution in [0.15, 0.2) is 23.2 Å². The van der Waals surface area contributed by atoms with E-state index < -0.39 is 10.0 Å². The predicted molar refractivity (Wildman–Crippen MR) is 74.5 cm³/mol. The van der Waals surface area contributed by atoms with E-state index in [-0.39, 0.29) is 10.0 Å². The molecule has 1 aromatic heterocycles. The average molecular weight is 307 g/mol. The Balaban J connectivity index is 2.01. The highest BCUT2D eigenvalue weighted by molar-refractivity contribution is 7.99. The van der Waals surface area contributed by atoms with Crippen molar-refractivity contribution in [3.63, 3.8) is 0 Å². The van der Waals surface area contributed by atoms with Crippen LogP contribution < -0.4 is 4.72 Å². The fourth-order valence-corrected chi connectivity index (χ4v) is 4.60. The molecule has 4 nitrogen and oxygen atoms in total. The van der Waals surface area contributed by atoms with Crippen molar-refractivity contribution in [3.05, 3.63) is 23.5 Å². The molecule has 1 aliphatic rings. The van der Waals surface area contributed by atoms with Gasteiger partial charge in [0.2, 0.25) is 10.0 Å². The lowest BCUT2D eigenvalue weighted by Crippen LogP contribution is -2.31. The fourth-order valence-electron chi connectivity index (χ4n) is 1.83. The van der Waals surface area contributed by atoms with Crippen molar-refractivity contribution in [2.24, 2.45) is 5.92 Å². The third kappa shape index (κ3) is 3.60. The molecule has 0 amide bonds. The standard InChI is InChI=1S/C11H15ClN2O2S2/c12-11-10(2-1-5-13-11)18(15,16)14-8-9-3-6-17-7-4-9/h1-2,5,9,14H,3-4,6-8H2. The van der Waals surface area contributed by atoms with E-state index in [4.69, 9.17) is 11.6 Å². The lowest BCUT2D eigenvalue weighted by atomic mass is 10.0. The Bertz CT molecular complexity index is 502. The van der Waals surface area contributed by atoms with E-state index in [2.05, 4.69) is 9.71 Å². The number of sulfonamides is 1. The summed E-state index contributed by atoms with van der Waals surface area (Å²) in [6.07, 6.45) is 3.60. The molecule has 0 unspecified atom stereocenters. The van der Waals surface area contributed by atoms with Crippen LogP contribution in [0.5, 0.6) is 0 Å². The van der Waals surface area contributed by atoms with Gasteiger partial charge in [0, 0.05) is 12.7 Å². The van der Waals surface area contributed by atoms with Gasteiger partial charge in [0.25, 0.3) is 0 Å². The summed E-state index contributed by atoms with van der Waals surface area (Å²) in [5, 5.41) is 0.0178. The van der Waals surface area contributed by atoms with E-state index in [0.717, 1.165) is 24.3 Å². The highest BCUT2D eigenvalue weighted by atomic mass is 35.5. The van der Waals surface area contributed by atoms with Crippen molar-refractivity contribution >= 4 is 33.4 Å². The topological polar surface area (TPSA) is 59.1 Å². The van der Waals surface area contributed by atoms with E-state index in [1.807, 2.05) is 11.8 Å². The van der Waals surface area contributed by atoms with Gasteiger partial charge in [-0.05, 0) is 42.4 Å². The van der Waals surface area contributed by atoms with Crippen LogP contribution >= 0.6 is 23.4 Å². The van der Waals surface area contributed by atoms with Crippen molar-refractivity contribution in [1.82, 2.24) is 9.71 Å². The minimum atomic E-state index is -3.54. The maximum absolute atomic E-state index is 12.1. The molecular formula is C11H15ClN2O2S2. The van der Waals surface area contributed by atoms with Crippen LogP contribution in [0.4, 0.5) is 0 Å². The summed E-state index contributed by atoms with van der Waals surface area (Å²) in [5.74, 6) is 2.65. The van der Waals surface area contributed by atoms with Gasteiger partial charge in [-0.3, -0.25) is 0 Å². The number of pyridine rings is 1. The van der Waals surface area contributed by atoms with E-state index in [1.54, 1.807) is 6.07 Å². The molecule has 0 spiro atoms. The van der Waals surface area contributed by atoms with E-state index in [0.29, 0.717) is 12.5 Å². The second-order valence-electron chi connectivity index (χ2n) is 4.20. The molecule has 18 heavy (non-hydrogen) atoms. The Morgan fingerprint density at radius 1 is 1.44 bits per heavy atom. The molecule has 2 heterocycles. The number of rotatable bonds is 4. The molecular weight excluding hydrogens is 292 g/mol. The number of nitrogens with zero attached hydrogens (tertiary/aromatic N) is 1. The van der Waals surface area contributed by atoms with Gasteiger partial charge in [-0.25, -0.2) is 18.1 Å². The summed E-state index contributed by atoms with van der Waals surface area (Å²) in [6.45, 7) is 0.480. The van der Waals surface area contributed by atoms with Crippen LogP contribution in [-0.2, 0) is 10.0 Å². The lowest BCUT2D eigenvalue weighted by molar-refractivity contribution is 0.476. The second kappa shape index (κ2) is 6.23.